The largest absolute Gasteiger partial charge is 0.462 e. The first kappa shape index (κ1) is 62.8. The summed E-state index contributed by atoms with van der Waals surface area (Å²) in [5.74, 6) is -1.04. The zero-order valence-electron chi connectivity index (χ0n) is 43.1. The molecule has 6 nitrogen and oxygen atoms in total. The van der Waals surface area contributed by atoms with Crippen molar-refractivity contribution in [1.29, 1.82) is 0 Å². The number of unbranched alkanes of at least 4 members (excludes halogenated alkanes) is 19. The molecule has 1 atom stereocenters. The maximum absolute atomic E-state index is 12.8. The molecule has 0 aliphatic carbocycles. The Morgan fingerprint density at radius 2 is 0.672 bits per heavy atom. The van der Waals surface area contributed by atoms with Gasteiger partial charge in [-0.3, -0.25) is 14.4 Å². The highest BCUT2D eigenvalue weighted by atomic mass is 16.6. The lowest BCUT2D eigenvalue weighted by atomic mass is 10.1. The smallest absolute Gasteiger partial charge is 0.306 e. The third kappa shape index (κ3) is 52.6. The van der Waals surface area contributed by atoms with Crippen molar-refractivity contribution in [2.24, 2.45) is 0 Å². The van der Waals surface area contributed by atoms with Gasteiger partial charge in [0, 0.05) is 19.3 Å². The first-order valence-electron chi connectivity index (χ1n) is 27.1. The van der Waals surface area contributed by atoms with Crippen molar-refractivity contribution in [3.05, 3.63) is 122 Å². The molecule has 0 saturated heterocycles. The number of ether oxygens (including phenoxy) is 3. The molecule has 378 valence electrons. The third-order valence-electron chi connectivity index (χ3n) is 11.0. The minimum absolute atomic E-state index is 0.124. The van der Waals surface area contributed by atoms with Crippen molar-refractivity contribution >= 4 is 17.9 Å². The van der Waals surface area contributed by atoms with Crippen molar-refractivity contribution in [1.82, 2.24) is 0 Å². The first-order chi connectivity index (χ1) is 33.0. The van der Waals surface area contributed by atoms with Gasteiger partial charge >= 0.3 is 17.9 Å². The van der Waals surface area contributed by atoms with E-state index in [1.54, 1.807) is 0 Å². The fourth-order valence-electron chi connectivity index (χ4n) is 6.95. The molecule has 0 spiro atoms. The van der Waals surface area contributed by atoms with Crippen LogP contribution in [0.25, 0.3) is 0 Å². The van der Waals surface area contributed by atoms with Crippen LogP contribution in [0.2, 0.25) is 0 Å². The molecule has 0 amide bonds. The Kier molecular flexibility index (Phi) is 51.0. The van der Waals surface area contributed by atoms with Gasteiger partial charge in [-0.05, 0) is 103 Å². The highest BCUT2D eigenvalue weighted by Gasteiger charge is 2.19. The summed E-state index contributed by atoms with van der Waals surface area (Å²) >= 11 is 0. The van der Waals surface area contributed by atoms with Crippen LogP contribution in [0.4, 0.5) is 0 Å². The van der Waals surface area contributed by atoms with Gasteiger partial charge in [0.1, 0.15) is 13.2 Å². The summed E-state index contributed by atoms with van der Waals surface area (Å²) < 4.78 is 16.7. The standard InChI is InChI=1S/C61H98O6/c1-4-7-10-13-16-19-22-25-28-30-31-34-36-39-42-45-48-51-54-60(63)66-57-58(56-65-59(62)53-50-47-44-41-38-35-32-27-24-21-18-15-12-9-6-3)67-61(64)55-52-49-46-43-40-37-33-29-26-23-20-17-14-11-8-5-2/h8,11,17-18,20-22,24-31,34,37,40,46,49,58H,4-7,9-10,12-16,19,23,32-33,35-36,38-39,41-45,47-48,50-57H2,1-3H3/b11-8-,20-17-,21-18-,25-22-,27-24-,29-26-,30-28-,34-31-,40-37-,49-46-. The van der Waals surface area contributed by atoms with Crippen molar-refractivity contribution in [2.45, 2.75) is 232 Å². The van der Waals surface area contributed by atoms with E-state index in [1.165, 1.54) is 70.6 Å². The second-order valence-corrected chi connectivity index (χ2v) is 17.5. The Morgan fingerprint density at radius 3 is 1.10 bits per heavy atom. The first-order valence-corrected chi connectivity index (χ1v) is 27.1. The van der Waals surface area contributed by atoms with Crippen LogP contribution in [-0.2, 0) is 28.6 Å². The minimum atomic E-state index is -0.835. The maximum Gasteiger partial charge on any atom is 0.306 e. The predicted molar refractivity (Wildman–Crippen MR) is 288 cm³/mol. The molecule has 0 N–H and O–H groups in total. The fourth-order valence-corrected chi connectivity index (χ4v) is 6.95. The Morgan fingerprint density at radius 1 is 0.328 bits per heavy atom. The molecule has 0 aromatic heterocycles. The van der Waals surface area contributed by atoms with E-state index in [4.69, 9.17) is 14.2 Å². The van der Waals surface area contributed by atoms with Gasteiger partial charge in [-0.2, -0.15) is 0 Å². The van der Waals surface area contributed by atoms with Crippen LogP contribution in [0.5, 0.6) is 0 Å². The Labute approximate surface area is 412 Å². The van der Waals surface area contributed by atoms with Gasteiger partial charge in [-0.1, -0.05) is 226 Å². The number of hydrogen-bond acceptors (Lipinski definition) is 6. The zero-order chi connectivity index (χ0) is 48.6. The van der Waals surface area contributed by atoms with E-state index in [-0.39, 0.29) is 31.6 Å². The SMILES string of the molecule is CC/C=C\C/C=C\C/C=C\C/C=C\C/C=C\CCC(=O)OC(COC(=O)CCCCCCC\C=C/C=C\C=C/CCCCCCC)COC(=O)CCCCCCCC/C=C\C=C/CCCCC. The lowest BCUT2D eigenvalue weighted by Crippen LogP contribution is -2.30. The summed E-state index contributed by atoms with van der Waals surface area (Å²) in [6.45, 7) is 6.38. The van der Waals surface area contributed by atoms with Crippen molar-refractivity contribution < 1.29 is 28.6 Å². The van der Waals surface area contributed by atoms with Crippen molar-refractivity contribution in [2.75, 3.05) is 13.2 Å². The molecule has 0 fully saturated rings. The highest BCUT2D eigenvalue weighted by molar-refractivity contribution is 5.71. The average Bonchev–Trinajstić information content (AvgIpc) is 3.33. The minimum Gasteiger partial charge on any atom is -0.462 e. The number of carbonyl (C=O) groups is 3. The third-order valence-corrected chi connectivity index (χ3v) is 11.0. The molecule has 0 radical (unpaired) electrons. The summed E-state index contributed by atoms with van der Waals surface area (Å²) in [7, 11) is 0. The summed E-state index contributed by atoms with van der Waals surface area (Å²) in [4.78, 5) is 38.0. The summed E-state index contributed by atoms with van der Waals surface area (Å²) in [6, 6.07) is 0. The van der Waals surface area contributed by atoms with Crippen molar-refractivity contribution in [3.8, 4) is 0 Å². The highest BCUT2D eigenvalue weighted by Crippen LogP contribution is 2.12. The Balaban J connectivity index is 4.57. The van der Waals surface area contributed by atoms with Gasteiger partial charge in [-0.15, -0.1) is 0 Å². The van der Waals surface area contributed by atoms with E-state index < -0.39 is 12.1 Å². The molecule has 67 heavy (non-hydrogen) atoms. The van der Waals surface area contributed by atoms with Gasteiger partial charge in [0.2, 0.25) is 0 Å². The van der Waals surface area contributed by atoms with E-state index >= 15 is 0 Å². The van der Waals surface area contributed by atoms with Crippen LogP contribution >= 0.6 is 0 Å². The van der Waals surface area contributed by atoms with Gasteiger partial charge in [-0.25, -0.2) is 0 Å². The second-order valence-electron chi connectivity index (χ2n) is 17.5. The number of carbonyl (C=O) groups excluding carboxylic acids is 3. The summed E-state index contributed by atoms with van der Waals surface area (Å²) in [6.07, 6.45) is 74.7. The van der Waals surface area contributed by atoms with E-state index in [2.05, 4.69) is 130 Å². The molecule has 0 aromatic carbocycles. The molecular formula is C61H98O6. The van der Waals surface area contributed by atoms with Gasteiger partial charge in [0.15, 0.2) is 6.10 Å². The maximum atomic E-state index is 12.8. The normalized spacial score (nSPS) is 13.1. The molecule has 0 aromatic rings. The molecule has 0 aliphatic heterocycles. The molecule has 0 heterocycles. The Hall–Kier alpha value is -4.19. The molecule has 6 heteroatoms. The van der Waals surface area contributed by atoms with Gasteiger partial charge in [0.05, 0.1) is 0 Å². The van der Waals surface area contributed by atoms with E-state index in [9.17, 15) is 14.4 Å². The predicted octanol–water partition coefficient (Wildman–Crippen LogP) is 18.1. The lowest BCUT2D eigenvalue weighted by Gasteiger charge is -2.18. The van der Waals surface area contributed by atoms with Gasteiger partial charge in [0.25, 0.3) is 0 Å². The number of esters is 3. The number of hydrogen-bond donors (Lipinski definition) is 0. The van der Waals surface area contributed by atoms with E-state index in [0.29, 0.717) is 19.3 Å². The average molecular weight is 927 g/mol. The second kappa shape index (κ2) is 54.4. The molecule has 0 aliphatic rings. The monoisotopic (exact) mass is 927 g/mol. The lowest BCUT2D eigenvalue weighted by molar-refractivity contribution is -0.166. The Bertz CT molecular complexity index is 1440. The summed E-state index contributed by atoms with van der Waals surface area (Å²) in [5, 5.41) is 0. The topological polar surface area (TPSA) is 78.9 Å². The van der Waals surface area contributed by atoms with Gasteiger partial charge < -0.3 is 14.2 Å². The molecule has 0 rings (SSSR count). The van der Waals surface area contributed by atoms with Crippen molar-refractivity contribution in [3.63, 3.8) is 0 Å². The van der Waals surface area contributed by atoms with E-state index in [1.807, 2.05) is 12.2 Å². The van der Waals surface area contributed by atoms with Crippen LogP contribution in [0.15, 0.2) is 122 Å². The quantitative estimate of drug-likeness (QED) is 0.0199. The van der Waals surface area contributed by atoms with Crippen LogP contribution in [0.1, 0.15) is 226 Å². The molecule has 0 saturated carbocycles. The number of rotatable bonds is 47. The molecule has 1 unspecified atom stereocenters. The van der Waals surface area contributed by atoms with Crippen LogP contribution < -0.4 is 0 Å². The van der Waals surface area contributed by atoms with E-state index in [0.717, 1.165) is 109 Å². The zero-order valence-corrected chi connectivity index (χ0v) is 43.1. The fraction of sp³-hybridized carbons (Fsp3) is 0.623. The van der Waals surface area contributed by atoms with Crippen LogP contribution in [0.3, 0.4) is 0 Å². The summed E-state index contributed by atoms with van der Waals surface area (Å²) in [5.41, 5.74) is 0. The molecule has 0 bridgehead atoms. The van der Waals surface area contributed by atoms with Crippen LogP contribution in [-0.4, -0.2) is 37.2 Å². The number of allylic oxidation sites excluding steroid dienone is 20. The van der Waals surface area contributed by atoms with Crippen LogP contribution in [0, 0.1) is 0 Å². The molecular weight excluding hydrogens is 829 g/mol.